The van der Waals surface area contributed by atoms with Crippen molar-refractivity contribution in [3.8, 4) is 0 Å². The lowest BCUT2D eigenvalue weighted by Crippen LogP contribution is -2.11. The Morgan fingerprint density at radius 3 is 2.08 bits per heavy atom. The zero-order valence-electron chi connectivity index (χ0n) is 14.7. The molecular weight excluding hydrogens is 347 g/mol. The fraction of sp³-hybridized carbons (Fsp3) is 0.529. The maximum absolute atomic E-state index is 11.2. The van der Waals surface area contributed by atoms with Crippen LogP contribution in [0.3, 0.4) is 0 Å². The largest absolute Gasteiger partial charge is 0.508 e. The lowest BCUT2D eigenvalue weighted by molar-refractivity contribution is 0.0555. The van der Waals surface area contributed by atoms with E-state index in [1.54, 1.807) is 12.1 Å². The number of carbonyl (C=O) groups is 2. The van der Waals surface area contributed by atoms with E-state index < -0.39 is 20.0 Å². The number of benzene rings is 1. The van der Waals surface area contributed by atoms with Crippen molar-refractivity contribution < 1.29 is 32.9 Å². The van der Waals surface area contributed by atoms with Gasteiger partial charge >= 0.3 is 20.0 Å². The summed E-state index contributed by atoms with van der Waals surface area (Å²) in [6, 6.07) is 6.33. The number of rotatable bonds is 8. The molecule has 8 heteroatoms. The van der Waals surface area contributed by atoms with Crippen molar-refractivity contribution in [2.45, 2.75) is 25.9 Å². The van der Waals surface area contributed by atoms with Gasteiger partial charge in [-0.1, -0.05) is 19.1 Å². The average Bonchev–Trinajstić information content (AvgIpc) is 3.45. The van der Waals surface area contributed by atoms with Gasteiger partial charge in [0.25, 0.3) is 0 Å². The van der Waals surface area contributed by atoms with Crippen LogP contribution in [0.2, 0.25) is 0 Å². The summed E-state index contributed by atoms with van der Waals surface area (Å²) in [4.78, 5) is 22.4. The molecule has 0 bridgehead atoms. The van der Waals surface area contributed by atoms with Crippen LogP contribution in [0.15, 0.2) is 24.3 Å². The van der Waals surface area contributed by atoms with Crippen LogP contribution in [0.25, 0.3) is 0 Å². The van der Waals surface area contributed by atoms with Crippen molar-refractivity contribution in [1.82, 2.24) is 0 Å². The van der Waals surface area contributed by atoms with Gasteiger partial charge in [-0.3, -0.25) is 0 Å². The lowest BCUT2D eigenvalue weighted by Gasteiger charge is -2.04. The molecule has 1 aromatic rings. The summed E-state index contributed by atoms with van der Waals surface area (Å²) in [5.74, 6) is -1.10. The van der Waals surface area contributed by atoms with Crippen molar-refractivity contribution in [1.29, 1.82) is 0 Å². The standard InChI is InChI=1S/C10H10O4.C7H14O3P/c1-13-9(11)7-5-3-4-6-8(7)10(12)14-2;1-2-5-11(8)10-4-3-7-6-9-7/h3-6H,1-2H3;7H,2-6H2,1H3/q;+1. The molecule has 0 amide bonds. The zero-order chi connectivity index (χ0) is 18.7. The Balaban J connectivity index is 0.000000257. The summed E-state index contributed by atoms with van der Waals surface area (Å²) >= 11 is 0. The highest BCUT2D eigenvalue weighted by atomic mass is 31.1. The predicted octanol–water partition coefficient (Wildman–Crippen LogP) is 3.20. The number of methoxy groups -OCH3 is 2. The molecular formula is C17H24O7P+. The molecule has 2 unspecified atom stereocenters. The van der Waals surface area contributed by atoms with Crippen LogP contribution >= 0.6 is 8.03 Å². The minimum atomic E-state index is -1.39. The monoisotopic (exact) mass is 371 g/mol. The maximum Gasteiger partial charge on any atom is 0.508 e. The van der Waals surface area contributed by atoms with Crippen molar-refractivity contribution in [3.63, 3.8) is 0 Å². The molecule has 138 valence electrons. The van der Waals surface area contributed by atoms with Crippen LogP contribution in [0, 0.1) is 0 Å². The first-order valence-corrected chi connectivity index (χ1v) is 9.34. The molecule has 1 heterocycles. The number of ether oxygens (including phenoxy) is 3. The zero-order valence-corrected chi connectivity index (χ0v) is 15.6. The molecule has 2 rings (SSSR count). The Morgan fingerprint density at radius 1 is 1.16 bits per heavy atom. The van der Waals surface area contributed by atoms with E-state index in [2.05, 4.69) is 9.47 Å². The van der Waals surface area contributed by atoms with Gasteiger partial charge in [0, 0.05) is 6.42 Å². The molecule has 0 spiro atoms. The first kappa shape index (κ1) is 21.2. The third kappa shape index (κ3) is 8.20. The molecule has 1 saturated heterocycles. The fourth-order valence-electron chi connectivity index (χ4n) is 1.83. The molecule has 0 N–H and O–H groups in total. The second kappa shape index (κ2) is 11.7. The quantitative estimate of drug-likeness (QED) is 0.394. The Labute approximate surface area is 148 Å². The van der Waals surface area contributed by atoms with E-state index >= 15 is 0 Å². The molecule has 25 heavy (non-hydrogen) atoms. The van der Waals surface area contributed by atoms with Crippen LogP contribution < -0.4 is 0 Å². The molecule has 0 saturated carbocycles. The Morgan fingerprint density at radius 2 is 1.68 bits per heavy atom. The predicted molar refractivity (Wildman–Crippen MR) is 92.2 cm³/mol. The van der Waals surface area contributed by atoms with Crippen LogP contribution in [-0.4, -0.2) is 51.6 Å². The average molecular weight is 371 g/mol. The molecule has 7 nitrogen and oxygen atoms in total. The minimum absolute atomic E-state index is 0.210. The third-order valence-corrected chi connectivity index (χ3v) is 4.50. The molecule has 1 fully saturated rings. The molecule has 0 radical (unpaired) electrons. The van der Waals surface area contributed by atoms with E-state index in [-0.39, 0.29) is 11.1 Å². The second-order valence-corrected chi connectivity index (χ2v) is 6.53. The number of carbonyl (C=O) groups excluding carboxylic acids is 2. The third-order valence-electron chi connectivity index (χ3n) is 3.22. The molecule has 0 aromatic heterocycles. The highest BCUT2D eigenvalue weighted by molar-refractivity contribution is 7.39. The minimum Gasteiger partial charge on any atom is -0.465 e. The van der Waals surface area contributed by atoms with Gasteiger partial charge < -0.3 is 14.2 Å². The molecule has 1 aliphatic heterocycles. The van der Waals surface area contributed by atoms with Gasteiger partial charge in [-0.15, -0.1) is 4.52 Å². The first-order valence-electron chi connectivity index (χ1n) is 7.98. The summed E-state index contributed by atoms with van der Waals surface area (Å²) in [5, 5.41) is 0. The summed E-state index contributed by atoms with van der Waals surface area (Å²) < 4.78 is 30.0. The number of epoxide rings is 1. The first-order chi connectivity index (χ1) is 12.0. The Bertz CT molecular complexity index is 549. The van der Waals surface area contributed by atoms with E-state index in [4.69, 9.17) is 9.26 Å². The normalized spacial score (nSPS) is 15.5. The fourth-order valence-corrected chi connectivity index (χ4v) is 2.63. The molecule has 0 aliphatic carbocycles. The van der Waals surface area contributed by atoms with E-state index in [1.807, 2.05) is 6.92 Å². The second-order valence-electron chi connectivity index (χ2n) is 5.16. The van der Waals surface area contributed by atoms with Crippen molar-refractivity contribution >= 4 is 20.0 Å². The van der Waals surface area contributed by atoms with Crippen LogP contribution in [0.5, 0.6) is 0 Å². The molecule has 2 atom stereocenters. The van der Waals surface area contributed by atoms with E-state index in [0.29, 0.717) is 18.9 Å². The Kier molecular flexibility index (Phi) is 9.92. The number of hydrogen-bond acceptors (Lipinski definition) is 7. The SMILES string of the molecule is CCC[P+](=O)OCCC1CO1.COC(=O)c1ccccc1C(=O)OC. The smallest absolute Gasteiger partial charge is 0.465 e. The lowest BCUT2D eigenvalue weighted by atomic mass is 10.1. The van der Waals surface area contributed by atoms with E-state index in [9.17, 15) is 14.2 Å². The van der Waals surface area contributed by atoms with E-state index in [0.717, 1.165) is 19.4 Å². The number of esters is 2. The van der Waals surface area contributed by atoms with Gasteiger partial charge in [0.2, 0.25) is 0 Å². The van der Waals surface area contributed by atoms with Crippen molar-refractivity contribution in [3.05, 3.63) is 35.4 Å². The maximum atomic E-state index is 11.2. The highest BCUT2D eigenvalue weighted by Crippen LogP contribution is 2.24. The van der Waals surface area contributed by atoms with Gasteiger partial charge in [0.15, 0.2) is 6.16 Å². The molecule has 1 aliphatic rings. The van der Waals surface area contributed by atoms with Gasteiger partial charge in [0.1, 0.15) is 6.61 Å². The van der Waals surface area contributed by atoms with Gasteiger partial charge in [-0.25, -0.2) is 9.59 Å². The van der Waals surface area contributed by atoms with Gasteiger partial charge in [0.05, 0.1) is 38.1 Å². The van der Waals surface area contributed by atoms with Gasteiger partial charge in [-0.05, 0) is 23.1 Å². The summed E-state index contributed by atoms with van der Waals surface area (Å²) in [6.07, 6.45) is 2.89. The van der Waals surface area contributed by atoms with Crippen LogP contribution in [0.1, 0.15) is 40.5 Å². The Hall–Kier alpha value is -1.82. The van der Waals surface area contributed by atoms with Crippen LogP contribution in [0.4, 0.5) is 0 Å². The van der Waals surface area contributed by atoms with Crippen molar-refractivity contribution in [2.24, 2.45) is 0 Å². The van der Waals surface area contributed by atoms with Gasteiger partial charge in [-0.2, -0.15) is 0 Å². The molecule has 1 aromatic carbocycles. The summed E-state index contributed by atoms with van der Waals surface area (Å²) in [6.45, 7) is 3.44. The van der Waals surface area contributed by atoms with Crippen LogP contribution in [-0.2, 0) is 23.3 Å². The highest BCUT2D eigenvalue weighted by Gasteiger charge is 2.24. The number of hydrogen-bond donors (Lipinski definition) is 0. The van der Waals surface area contributed by atoms with Crippen molar-refractivity contribution in [2.75, 3.05) is 33.6 Å². The topological polar surface area (TPSA) is 91.4 Å². The summed E-state index contributed by atoms with van der Waals surface area (Å²) in [7, 11) is 1.13. The van der Waals surface area contributed by atoms with E-state index in [1.165, 1.54) is 26.4 Å². The summed E-state index contributed by atoms with van der Waals surface area (Å²) in [5.41, 5.74) is 0.420.